The van der Waals surface area contributed by atoms with Crippen molar-refractivity contribution in [2.45, 2.75) is 17.3 Å². The largest absolute Gasteiger partial charge is 0.325 e. The molecule has 1 atom stereocenters. The van der Waals surface area contributed by atoms with Gasteiger partial charge in [0, 0.05) is 18.0 Å². The number of pyridine rings is 1. The van der Waals surface area contributed by atoms with Gasteiger partial charge in [-0.05, 0) is 31.2 Å². The number of aromatic nitrogens is 3. The van der Waals surface area contributed by atoms with Gasteiger partial charge in [0.15, 0.2) is 22.4 Å². The fraction of sp³-hybridized carbons (Fsp3) is 0.133. The van der Waals surface area contributed by atoms with Crippen molar-refractivity contribution >= 4 is 29.0 Å². The van der Waals surface area contributed by atoms with Crippen LogP contribution in [0.5, 0.6) is 0 Å². The standard InChI is InChI=1S/C15H12F2N4OS/c1-9(14(22)18-10-5-6-11(16)12(17)8-10)23-15-20-19-13-4-2-3-7-21(13)15/h2-9H,1H3,(H,18,22)/t9-/m0/s1. The molecule has 118 valence electrons. The minimum absolute atomic E-state index is 0.201. The number of hydrogen-bond acceptors (Lipinski definition) is 4. The lowest BCUT2D eigenvalue weighted by atomic mass is 10.3. The summed E-state index contributed by atoms with van der Waals surface area (Å²) < 4.78 is 27.8. The molecule has 1 amide bonds. The predicted molar refractivity (Wildman–Crippen MR) is 83.3 cm³/mol. The van der Waals surface area contributed by atoms with Gasteiger partial charge >= 0.3 is 0 Å². The molecule has 8 heteroatoms. The van der Waals surface area contributed by atoms with Crippen molar-refractivity contribution in [3.63, 3.8) is 0 Å². The Balaban J connectivity index is 1.71. The topological polar surface area (TPSA) is 59.3 Å². The van der Waals surface area contributed by atoms with Crippen molar-refractivity contribution in [3.8, 4) is 0 Å². The molecule has 3 rings (SSSR count). The third kappa shape index (κ3) is 3.31. The molecule has 0 aliphatic rings. The normalized spacial score (nSPS) is 12.3. The van der Waals surface area contributed by atoms with E-state index in [0.717, 1.165) is 12.1 Å². The first-order valence-electron chi connectivity index (χ1n) is 6.77. The van der Waals surface area contributed by atoms with Gasteiger partial charge in [0.05, 0.1) is 5.25 Å². The van der Waals surface area contributed by atoms with Gasteiger partial charge in [0.2, 0.25) is 5.91 Å². The molecule has 0 radical (unpaired) electrons. The summed E-state index contributed by atoms with van der Waals surface area (Å²) in [5.74, 6) is -2.31. The highest BCUT2D eigenvalue weighted by atomic mass is 32.2. The summed E-state index contributed by atoms with van der Waals surface area (Å²) >= 11 is 1.22. The van der Waals surface area contributed by atoms with Gasteiger partial charge in [-0.1, -0.05) is 17.8 Å². The summed E-state index contributed by atoms with van der Waals surface area (Å²) in [5, 5.41) is 10.7. The zero-order chi connectivity index (χ0) is 16.4. The van der Waals surface area contributed by atoms with E-state index in [1.807, 2.05) is 18.2 Å². The molecule has 0 aliphatic heterocycles. The van der Waals surface area contributed by atoms with Crippen molar-refractivity contribution in [1.29, 1.82) is 0 Å². The van der Waals surface area contributed by atoms with Crippen LogP contribution in [0.25, 0.3) is 5.65 Å². The second kappa shape index (κ2) is 6.33. The maximum Gasteiger partial charge on any atom is 0.237 e. The number of anilines is 1. The molecule has 0 unspecified atom stereocenters. The Bertz CT molecular complexity index is 868. The Kier molecular flexibility index (Phi) is 4.24. The lowest BCUT2D eigenvalue weighted by Gasteiger charge is -2.11. The van der Waals surface area contributed by atoms with Crippen molar-refractivity contribution < 1.29 is 13.6 Å². The van der Waals surface area contributed by atoms with E-state index in [-0.39, 0.29) is 11.6 Å². The molecule has 0 aliphatic carbocycles. The lowest BCUT2D eigenvalue weighted by Crippen LogP contribution is -2.22. The summed E-state index contributed by atoms with van der Waals surface area (Å²) in [5.41, 5.74) is 0.885. The summed E-state index contributed by atoms with van der Waals surface area (Å²) in [7, 11) is 0. The maximum atomic E-state index is 13.2. The van der Waals surface area contributed by atoms with Crippen LogP contribution < -0.4 is 5.32 Å². The van der Waals surface area contributed by atoms with Crippen LogP contribution in [0, 0.1) is 11.6 Å². The van der Waals surface area contributed by atoms with Crippen molar-refractivity contribution in [2.24, 2.45) is 0 Å². The molecule has 2 heterocycles. The van der Waals surface area contributed by atoms with E-state index in [4.69, 9.17) is 0 Å². The monoisotopic (exact) mass is 334 g/mol. The van der Waals surface area contributed by atoms with Crippen LogP contribution in [0.2, 0.25) is 0 Å². The molecule has 0 saturated carbocycles. The van der Waals surface area contributed by atoms with Gasteiger partial charge in [-0.15, -0.1) is 10.2 Å². The molecule has 0 spiro atoms. The van der Waals surface area contributed by atoms with Crippen LogP contribution >= 0.6 is 11.8 Å². The highest BCUT2D eigenvalue weighted by Gasteiger charge is 2.18. The van der Waals surface area contributed by atoms with E-state index in [9.17, 15) is 13.6 Å². The van der Waals surface area contributed by atoms with Gasteiger partial charge in [0.1, 0.15) is 0 Å². The molecule has 0 bridgehead atoms. The predicted octanol–water partition coefficient (Wildman–Crippen LogP) is 3.13. The molecular formula is C15H12F2N4OS. The molecular weight excluding hydrogens is 322 g/mol. The van der Waals surface area contributed by atoms with E-state index in [1.165, 1.54) is 17.8 Å². The number of hydrogen-bond donors (Lipinski definition) is 1. The van der Waals surface area contributed by atoms with E-state index >= 15 is 0 Å². The van der Waals surface area contributed by atoms with Gasteiger partial charge in [-0.25, -0.2) is 8.78 Å². The Labute approximate surface area is 134 Å². The molecule has 3 aromatic rings. The van der Waals surface area contributed by atoms with E-state index in [1.54, 1.807) is 17.5 Å². The van der Waals surface area contributed by atoms with Crippen LogP contribution in [0.1, 0.15) is 6.92 Å². The second-order valence-corrected chi connectivity index (χ2v) is 6.10. The lowest BCUT2D eigenvalue weighted by molar-refractivity contribution is -0.115. The fourth-order valence-electron chi connectivity index (χ4n) is 1.93. The molecule has 0 fully saturated rings. The van der Waals surface area contributed by atoms with Gasteiger partial charge in [-0.2, -0.15) is 0 Å². The van der Waals surface area contributed by atoms with Crippen molar-refractivity contribution in [2.75, 3.05) is 5.32 Å². The highest BCUT2D eigenvalue weighted by Crippen LogP contribution is 2.23. The zero-order valence-electron chi connectivity index (χ0n) is 12.0. The number of rotatable bonds is 4. The summed E-state index contributed by atoms with van der Waals surface area (Å²) in [6.07, 6.45) is 1.80. The minimum Gasteiger partial charge on any atom is -0.325 e. The molecule has 5 nitrogen and oxygen atoms in total. The molecule has 2 aromatic heterocycles. The zero-order valence-corrected chi connectivity index (χ0v) is 12.8. The Morgan fingerprint density at radius 3 is 2.83 bits per heavy atom. The average Bonchev–Trinajstić information content (AvgIpc) is 2.94. The number of fused-ring (bicyclic) bond motifs is 1. The first-order valence-corrected chi connectivity index (χ1v) is 7.65. The van der Waals surface area contributed by atoms with Crippen LogP contribution in [-0.4, -0.2) is 25.8 Å². The van der Waals surface area contributed by atoms with E-state index < -0.39 is 16.9 Å². The first kappa shape index (κ1) is 15.4. The number of benzene rings is 1. The number of thioether (sulfide) groups is 1. The van der Waals surface area contributed by atoms with Crippen LogP contribution in [-0.2, 0) is 4.79 Å². The van der Waals surface area contributed by atoms with Crippen LogP contribution in [0.15, 0.2) is 47.8 Å². The van der Waals surface area contributed by atoms with Gasteiger partial charge < -0.3 is 5.32 Å². The van der Waals surface area contributed by atoms with E-state index in [2.05, 4.69) is 15.5 Å². The molecule has 1 N–H and O–H groups in total. The number of halogens is 2. The second-order valence-electron chi connectivity index (χ2n) is 4.79. The average molecular weight is 334 g/mol. The number of amides is 1. The van der Waals surface area contributed by atoms with Crippen LogP contribution in [0.4, 0.5) is 14.5 Å². The van der Waals surface area contributed by atoms with Gasteiger partial charge in [-0.3, -0.25) is 9.20 Å². The highest BCUT2D eigenvalue weighted by molar-refractivity contribution is 8.00. The van der Waals surface area contributed by atoms with E-state index in [0.29, 0.717) is 10.8 Å². The van der Waals surface area contributed by atoms with Crippen LogP contribution in [0.3, 0.4) is 0 Å². The first-order chi connectivity index (χ1) is 11.0. The maximum absolute atomic E-state index is 13.2. The fourth-order valence-corrected chi connectivity index (χ4v) is 2.77. The third-order valence-corrected chi connectivity index (χ3v) is 4.18. The SMILES string of the molecule is C[C@H](Sc1nnc2ccccn12)C(=O)Nc1ccc(F)c(F)c1. The Morgan fingerprint density at radius 2 is 2.04 bits per heavy atom. The molecule has 0 saturated heterocycles. The van der Waals surface area contributed by atoms with Gasteiger partial charge in [0.25, 0.3) is 0 Å². The summed E-state index contributed by atoms with van der Waals surface area (Å²) in [6, 6.07) is 8.71. The molecule has 1 aromatic carbocycles. The number of carbonyl (C=O) groups is 1. The number of carbonyl (C=O) groups excluding carboxylic acids is 1. The summed E-state index contributed by atoms with van der Waals surface area (Å²) in [6.45, 7) is 1.70. The quantitative estimate of drug-likeness (QED) is 0.745. The smallest absolute Gasteiger partial charge is 0.237 e. The summed E-state index contributed by atoms with van der Waals surface area (Å²) in [4.78, 5) is 12.2. The minimum atomic E-state index is -1.01. The van der Waals surface area contributed by atoms with Crippen molar-refractivity contribution in [1.82, 2.24) is 14.6 Å². The Morgan fingerprint density at radius 1 is 1.22 bits per heavy atom. The molecule has 23 heavy (non-hydrogen) atoms. The third-order valence-electron chi connectivity index (χ3n) is 3.12. The number of nitrogens with one attached hydrogen (secondary N) is 1. The van der Waals surface area contributed by atoms with Crippen molar-refractivity contribution in [3.05, 3.63) is 54.2 Å². The number of nitrogens with zero attached hydrogens (tertiary/aromatic N) is 3. The Hall–Kier alpha value is -2.48.